The molecule has 2 aromatic carbocycles. The summed E-state index contributed by atoms with van der Waals surface area (Å²) in [7, 11) is 0. The standard InChI is InChI=1S/C13H7Cl2F3/c14-10-3-1-7(5-12(10)18)13(15)9-6-8(16)2-4-11(9)17/h1-6,13H. The van der Waals surface area contributed by atoms with Gasteiger partial charge < -0.3 is 0 Å². The highest BCUT2D eigenvalue weighted by Gasteiger charge is 2.17. The van der Waals surface area contributed by atoms with Crippen LogP contribution in [-0.2, 0) is 0 Å². The van der Waals surface area contributed by atoms with Gasteiger partial charge in [0.25, 0.3) is 0 Å². The molecule has 5 heteroatoms. The number of rotatable bonds is 2. The van der Waals surface area contributed by atoms with Crippen molar-refractivity contribution in [2.24, 2.45) is 0 Å². The van der Waals surface area contributed by atoms with Gasteiger partial charge in [0.15, 0.2) is 0 Å². The molecule has 2 aromatic rings. The number of alkyl halides is 1. The van der Waals surface area contributed by atoms with Gasteiger partial charge in [0.05, 0.1) is 10.4 Å². The van der Waals surface area contributed by atoms with E-state index in [1.165, 1.54) is 12.1 Å². The molecule has 2 rings (SSSR count). The molecule has 0 aromatic heterocycles. The Hall–Kier alpha value is -1.19. The Morgan fingerprint density at radius 3 is 2.28 bits per heavy atom. The summed E-state index contributed by atoms with van der Waals surface area (Å²) in [4.78, 5) is 0. The smallest absolute Gasteiger partial charge is 0.142 e. The third-order valence-corrected chi connectivity index (χ3v) is 3.26. The van der Waals surface area contributed by atoms with Gasteiger partial charge >= 0.3 is 0 Å². The summed E-state index contributed by atoms with van der Waals surface area (Å²) in [6, 6.07) is 6.84. The van der Waals surface area contributed by atoms with Gasteiger partial charge in [-0.3, -0.25) is 0 Å². The minimum absolute atomic E-state index is 0.0432. The van der Waals surface area contributed by atoms with Crippen molar-refractivity contribution in [1.29, 1.82) is 0 Å². The summed E-state index contributed by atoms with van der Waals surface area (Å²) in [5.41, 5.74) is 0.265. The highest BCUT2D eigenvalue weighted by atomic mass is 35.5. The van der Waals surface area contributed by atoms with E-state index in [-0.39, 0.29) is 10.6 Å². The van der Waals surface area contributed by atoms with Gasteiger partial charge in [-0.25, -0.2) is 13.2 Å². The molecule has 0 bridgehead atoms. The average molecular weight is 291 g/mol. The Bertz CT molecular complexity index is 584. The van der Waals surface area contributed by atoms with Crippen molar-refractivity contribution >= 4 is 23.2 Å². The van der Waals surface area contributed by atoms with Gasteiger partial charge in [0, 0.05) is 5.56 Å². The normalized spacial score (nSPS) is 12.5. The van der Waals surface area contributed by atoms with Gasteiger partial charge in [-0.15, -0.1) is 11.6 Å². The first-order valence-corrected chi connectivity index (χ1v) is 5.84. The molecule has 0 amide bonds. The van der Waals surface area contributed by atoms with Crippen molar-refractivity contribution in [2.45, 2.75) is 5.38 Å². The molecule has 0 fully saturated rings. The van der Waals surface area contributed by atoms with Crippen LogP contribution in [0.15, 0.2) is 36.4 Å². The monoisotopic (exact) mass is 290 g/mol. The van der Waals surface area contributed by atoms with Crippen molar-refractivity contribution < 1.29 is 13.2 Å². The fraction of sp³-hybridized carbons (Fsp3) is 0.0769. The van der Waals surface area contributed by atoms with E-state index < -0.39 is 22.8 Å². The Morgan fingerprint density at radius 2 is 1.61 bits per heavy atom. The molecule has 0 radical (unpaired) electrons. The predicted octanol–water partition coefficient (Wildman–Crippen LogP) is 5.09. The fourth-order valence-corrected chi connectivity index (χ4v) is 1.98. The lowest BCUT2D eigenvalue weighted by atomic mass is 10.0. The van der Waals surface area contributed by atoms with E-state index >= 15 is 0 Å². The van der Waals surface area contributed by atoms with Gasteiger partial charge in [0.2, 0.25) is 0 Å². The first-order chi connectivity index (χ1) is 8.49. The molecule has 1 atom stereocenters. The quantitative estimate of drug-likeness (QED) is 0.676. The molecule has 0 aliphatic rings. The molecule has 0 saturated carbocycles. The van der Waals surface area contributed by atoms with Gasteiger partial charge in [-0.2, -0.15) is 0 Å². The highest BCUT2D eigenvalue weighted by Crippen LogP contribution is 2.32. The van der Waals surface area contributed by atoms with Crippen molar-refractivity contribution in [3.63, 3.8) is 0 Å². The number of halogens is 5. The molecule has 0 aliphatic heterocycles. The zero-order valence-electron chi connectivity index (χ0n) is 8.93. The maximum atomic E-state index is 13.5. The van der Waals surface area contributed by atoms with Gasteiger partial charge in [-0.1, -0.05) is 17.7 Å². The first-order valence-electron chi connectivity index (χ1n) is 5.03. The summed E-state index contributed by atoms with van der Waals surface area (Å²) in [6.07, 6.45) is 0. The summed E-state index contributed by atoms with van der Waals surface area (Å²) >= 11 is 11.6. The third-order valence-electron chi connectivity index (χ3n) is 2.47. The maximum Gasteiger partial charge on any atom is 0.142 e. The van der Waals surface area contributed by atoms with Crippen LogP contribution >= 0.6 is 23.2 Å². The molecule has 0 nitrogen and oxygen atoms in total. The Morgan fingerprint density at radius 1 is 0.889 bits per heavy atom. The van der Waals surface area contributed by atoms with Crippen LogP contribution in [0.1, 0.15) is 16.5 Å². The molecule has 0 heterocycles. The van der Waals surface area contributed by atoms with Gasteiger partial charge in [0.1, 0.15) is 17.5 Å². The van der Waals surface area contributed by atoms with Crippen LogP contribution in [0.5, 0.6) is 0 Å². The Balaban J connectivity index is 2.44. The molecule has 0 N–H and O–H groups in total. The maximum absolute atomic E-state index is 13.5. The number of hydrogen-bond acceptors (Lipinski definition) is 0. The summed E-state index contributed by atoms with van der Waals surface area (Å²) in [6.45, 7) is 0. The second-order valence-corrected chi connectivity index (χ2v) is 4.55. The zero-order chi connectivity index (χ0) is 13.3. The lowest BCUT2D eigenvalue weighted by molar-refractivity contribution is 0.586. The second kappa shape index (κ2) is 5.21. The zero-order valence-corrected chi connectivity index (χ0v) is 10.4. The third kappa shape index (κ3) is 2.62. The first kappa shape index (κ1) is 13.2. The molecule has 94 valence electrons. The van der Waals surface area contributed by atoms with Crippen LogP contribution < -0.4 is 0 Å². The van der Waals surface area contributed by atoms with E-state index in [0.717, 1.165) is 24.3 Å². The predicted molar refractivity (Wildman–Crippen MR) is 65.5 cm³/mol. The van der Waals surface area contributed by atoms with Crippen LogP contribution in [0.25, 0.3) is 0 Å². The minimum Gasteiger partial charge on any atom is -0.207 e. The van der Waals surface area contributed by atoms with Crippen LogP contribution in [0.4, 0.5) is 13.2 Å². The molecule has 1 unspecified atom stereocenters. The Labute approximate surface area is 112 Å². The lowest BCUT2D eigenvalue weighted by Crippen LogP contribution is -1.98. The summed E-state index contributed by atoms with van der Waals surface area (Å²) in [5.74, 6) is -1.91. The Kier molecular flexibility index (Phi) is 3.83. The van der Waals surface area contributed by atoms with Crippen LogP contribution in [-0.4, -0.2) is 0 Å². The number of hydrogen-bond donors (Lipinski definition) is 0. The SMILES string of the molecule is Fc1ccc(F)c(C(Cl)c2ccc(Cl)c(F)c2)c1. The van der Waals surface area contributed by atoms with Crippen molar-refractivity contribution in [3.05, 3.63) is 70.0 Å². The largest absolute Gasteiger partial charge is 0.207 e. The van der Waals surface area contributed by atoms with E-state index in [1.54, 1.807) is 0 Å². The van der Waals surface area contributed by atoms with Gasteiger partial charge in [-0.05, 0) is 35.9 Å². The minimum atomic E-state index is -0.979. The lowest BCUT2D eigenvalue weighted by Gasteiger charge is -2.12. The van der Waals surface area contributed by atoms with Crippen molar-refractivity contribution in [3.8, 4) is 0 Å². The molecule has 0 aliphatic carbocycles. The van der Waals surface area contributed by atoms with Crippen molar-refractivity contribution in [2.75, 3.05) is 0 Å². The van der Waals surface area contributed by atoms with Crippen LogP contribution in [0.2, 0.25) is 5.02 Å². The van der Waals surface area contributed by atoms with Crippen LogP contribution in [0.3, 0.4) is 0 Å². The molecular weight excluding hydrogens is 284 g/mol. The van der Waals surface area contributed by atoms with E-state index in [1.807, 2.05) is 0 Å². The topological polar surface area (TPSA) is 0 Å². The van der Waals surface area contributed by atoms with E-state index in [2.05, 4.69) is 0 Å². The van der Waals surface area contributed by atoms with Crippen molar-refractivity contribution in [1.82, 2.24) is 0 Å². The molecule has 0 saturated heterocycles. The summed E-state index contributed by atoms with van der Waals surface area (Å²) < 4.78 is 39.8. The fourth-order valence-electron chi connectivity index (χ4n) is 1.56. The molecular formula is C13H7Cl2F3. The van der Waals surface area contributed by atoms with E-state index in [4.69, 9.17) is 23.2 Å². The van der Waals surface area contributed by atoms with Crippen LogP contribution in [0, 0.1) is 17.5 Å². The highest BCUT2D eigenvalue weighted by molar-refractivity contribution is 6.30. The second-order valence-electron chi connectivity index (χ2n) is 3.70. The van der Waals surface area contributed by atoms with E-state index in [9.17, 15) is 13.2 Å². The number of benzene rings is 2. The molecule has 18 heavy (non-hydrogen) atoms. The average Bonchev–Trinajstić information content (AvgIpc) is 2.35. The molecule has 0 spiro atoms. The summed E-state index contributed by atoms with van der Waals surface area (Å²) in [5, 5.41) is -1.03. The van der Waals surface area contributed by atoms with E-state index in [0.29, 0.717) is 5.56 Å².